The maximum atomic E-state index is 10.7. The van der Waals surface area contributed by atoms with Gasteiger partial charge >= 0.3 is 5.69 Å². The minimum atomic E-state index is -0.483. The molecule has 0 fully saturated rings. The van der Waals surface area contributed by atoms with Crippen molar-refractivity contribution in [1.29, 1.82) is 0 Å². The molecule has 0 saturated heterocycles. The molecule has 0 amide bonds. The molecule has 5 nitrogen and oxygen atoms in total. The lowest BCUT2D eigenvalue weighted by Gasteiger charge is -2.04. The first-order chi connectivity index (χ1) is 7.20. The highest BCUT2D eigenvalue weighted by Crippen LogP contribution is 2.31. The largest absolute Gasteiger partial charge is 0.504 e. The Labute approximate surface area is 87.1 Å². The second-order valence-corrected chi connectivity index (χ2v) is 2.70. The number of nitro benzene ring substituents is 1. The van der Waals surface area contributed by atoms with Crippen molar-refractivity contribution in [3.8, 4) is 5.75 Å². The van der Waals surface area contributed by atoms with Crippen LogP contribution in [-0.4, -0.2) is 19.1 Å². The summed E-state index contributed by atoms with van der Waals surface area (Å²) in [5, 5.41) is 10.7. The van der Waals surface area contributed by atoms with Crippen LogP contribution in [0.15, 0.2) is 24.5 Å². The Morgan fingerprint density at radius 1 is 1.40 bits per heavy atom. The smallest absolute Gasteiger partial charge is 0.311 e. The van der Waals surface area contributed by atoms with Gasteiger partial charge in [-0.2, -0.15) is 0 Å². The zero-order chi connectivity index (χ0) is 11.3. The number of benzene rings is 1. The number of ether oxygens (including phenoxy) is 2. The van der Waals surface area contributed by atoms with Gasteiger partial charge < -0.3 is 9.47 Å². The molecule has 0 radical (unpaired) electrons. The van der Waals surface area contributed by atoms with Gasteiger partial charge in [0.15, 0.2) is 0 Å². The van der Waals surface area contributed by atoms with Crippen LogP contribution in [0.5, 0.6) is 5.75 Å². The summed E-state index contributed by atoms with van der Waals surface area (Å²) in [6.45, 7) is 0. The van der Waals surface area contributed by atoms with Gasteiger partial charge in [-0.3, -0.25) is 10.1 Å². The number of nitrogens with zero attached hydrogens (tertiary/aromatic N) is 1. The first kappa shape index (κ1) is 11.0. The maximum Gasteiger partial charge on any atom is 0.311 e. The highest BCUT2D eigenvalue weighted by molar-refractivity contribution is 5.64. The van der Waals surface area contributed by atoms with Gasteiger partial charge in [-0.15, -0.1) is 0 Å². The fourth-order valence-corrected chi connectivity index (χ4v) is 1.18. The van der Waals surface area contributed by atoms with E-state index in [1.165, 1.54) is 26.5 Å². The zero-order valence-corrected chi connectivity index (χ0v) is 8.47. The molecule has 5 heteroatoms. The number of nitro groups is 1. The van der Waals surface area contributed by atoms with Gasteiger partial charge in [-0.1, -0.05) is 12.1 Å². The highest BCUT2D eigenvalue weighted by Gasteiger charge is 2.16. The van der Waals surface area contributed by atoms with Gasteiger partial charge in [0.25, 0.3) is 0 Å². The first-order valence-electron chi connectivity index (χ1n) is 4.21. The van der Waals surface area contributed by atoms with Crippen LogP contribution in [0.3, 0.4) is 0 Å². The van der Waals surface area contributed by atoms with E-state index in [4.69, 9.17) is 9.47 Å². The van der Waals surface area contributed by atoms with E-state index in [1.807, 2.05) is 0 Å². The number of hydrogen-bond acceptors (Lipinski definition) is 4. The van der Waals surface area contributed by atoms with Gasteiger partial charge in [-0.05, 0) is 6.08 Å². The van der Waals surface area contributed by atoms with Crippen molar-refractivity contribution >= 4 is 11.8 Å². The van der Waals surface area contributed by atoms with E-state index < -0.39 is 4.92 Å². The molecule has 0 aliphatic heterocycles. The van der Waals surface area contributed by atoms with Crippen LogP contribution in [0.25, 0.3) is 6.08 Å². The molecule has 0 atom stereocenters. The Bertz CT molecular complexity index is 387. The summed E-state index contributed by atoms with van der Waals surface area (Å²) >= 11 is 0. The first-order valence-corrected chi connectivity index (χ1v) is 4.21. The highest BCUT2D eigenvalue weighted by atomic mass is 16.6. The molecule has 0 N–H and O–H groups in total. The van der Waals surface area contributed by atoms with E-state index in [9.17, 15) is 10.1 Å². The summed E-state index contributed by atoms with van der Waals surface area (Å²) < 4.78 is 9.73. The minimum Gasteiger partial charge on any atom is -0.504 e. The van der Waals surface area contributed by atoms with Crippen molar-refractivity contribution in [1.82, 2.24) is 0 Å². The maximum absolute atomic E-state index is 10.7. The average Bonchev–Trinajstić information content (AvgIpc) is 2.25. The second kappa shape index (κ2) is 4.99. The molecular weight excluding hydrogens is 198 g/mol. The van der Waals surface area contributed by atoms with Crippen LogP contribution >= 0.6 is 0 Å². The Balaban J connectivity index is 3.22. The normalized spacial score (nSPS) is 10.3. The lowest BCUT2D eigenvalue weighted by atomic mass is 10.1. The van der Waals surface area contributed by atoms with E-state index in [2.05, 4.69) is 0 Å². The number of methoxy groups -OCH3 is 2. The Kier molecular flexibility index (Phi) is 3.68. The van der Waals surface area contributed by atoms with Crippen molar-refractivity contribution in [3.63, 3.8) is 0 Å². The Hall–Kier alpha value is -2.04. The van der Waals surface area contributed by atoms with Gasteiger partial charge in [-0.25, -0.2) is 0 Å². The molecule has 0 unspecified atom stereocenters. The van der Waals surface area contributed by atoms with Crippen molar-refractivity contribution in [2.24, 2.45) is 0 Å². The molecule has 1 aromatic carbocycles. The fraction of sp³-hybridized carbons (Fsp3) is 0.200. The molecule has 0 aliphatic rings. The molecule has 80 valence electrons. The Morgan fingerprint density at radius 2 is 2.13 bits per heavy atom. The third-order valence-electron chi connectivity index (χ3n) is 1.81. The number of para-hydroxylation sites is 1. The molecule has 0 bridgehead atoms. The predicted molar refractivity (Wildman–Crippen MR) is 55.7 cm³/mol. The standard InChI is InChI=1S/C10H11NO4/c1-14-7-6-8-4-3-5-9(11(12)13)10(8)15-2/h3-7H,1-2H3. The van der Waals surface area contributed by atoms with E-state index >= 15 is 0 Å². The third kappa shape index (κ3) is 2.46. The second-order valence-electron chi connectivity index (χ2n) is 2.70. The summed E-state index contributed by atoms with van der Waals surface area (Å²) in [5.41, 5.74) is 0.546. The van der Waals surface area contributed by atoms with Gasteiger partial charge in [0.1, 0.15) is 0 Å². The van der Waals surface area contributed by atoms with Crippen LogP contribution in [0, 0.1) is 10.1 Å². The minimum absolute atomic E-state index is 0.0595. The molecule has 0 saturated carbocycles. The summed E-state index contributed by atoms with van der Waals surface area (Å²) in [6.07, 6.45) is 3.04. The molecule has 0 heterocycles. The van der Waals surface area contributed by atoms with Gasteiger partial charge in [0.2, 0.25) is 5.75 Å². The molecular formula is C10H11NO4. The van der Waals surface area contributed by atoms with E-state index in [0.29, 0.717) is 5.56 Å². The van der Waals surface area contributed by atoms with Gasteiger partial charge in [0.05, 0.1) is 25.4 Å². The number of rotatable bonds is 4. The van der Waals surface area contributed by atoms with Crippen LogP contribution < -0.4 is 4.74 Å². The summed E-state index contributed by atoms with van der Waals surface area (Å²) in [6, 6.07) is 4.69. The van der Waals surface area contributed by atoms with Crippen LogP contribution in [0.1, 0.15) is 5.56 Å². The molecule has 1 rings (SSSR count). The fourth-order valence-electron chi connectivity index (χ4n) is 1.18. The average molecular weight is 209 g/mol. The van der Waals surface area contributed by atoms with Crippen LogP contribution in [-0.2, 0) is 4.74 Å². The predicted octanol–water partition coefficient (Wildman–Crippen LogP) is 2.22. The van der Waals surface area contributed by atoms with Crippen molar-refractivity contribution in [2.75, 3.05) is 14.2 Å². The Morgan fingerprint density at radius 3 is 2.67 bits per heavy atom. The summed E-state index contributed by atoms with van der Waals surface area (Å²) in [4.78, 5) is 10.2. The lowest BCUT2D eigenvalue weighted by Crippen LogP contribution is -1.95. The van der Waals surface area contributed by atoms with E-state index in [-0.39, 0.29) is 11.4 Å². The quantitative estimate of drug-likeness (QED) is 0.433. The molecule has 1 aromatic rings. The summed E-state index contributed by atoms with van der Waals surface area (Å²) in [7, 11) is 2.90. The van der Waals surface area contributed by atoms with Crippen molar-refractivity contribution in [2.45, 2.75) is 0 Å². The SMILES string of the molecule is COC=Cc1cccc([N+](=O)[O-])c1OC. The van der Waals surface area contributed by atoms with Crippen molar-refractivity contribution in [3.05, 3.63) is 40.1 Å². The molecule has 0 aromatic heterocycles. The van der Waals surface area contributed by atoms with E-state index in [1.54, 1.807) is 18.2 Å². The molecule has 15 heavy (non-hydrogen) atoms. The van der Waals surface area contributed by atoms with Gasteiger partial charge in [0, 0.05) is 11.6 Å². The molecule has 0 spiro atoms. The third-order valence-corrected chi connectivity index (χ3v) is 1.81. The van der Waals surface area contributed by atoms with Crippen LogP contribution in [0.2, 0.25) is 0 Å². The topological polar surface area (TPSA) is 61.6 Å². The summed E-state index contributed by atoms with van der Waals surface area (Å²) in [5.74, 6) is 0.232. The molecule has 0 aliphatic carbocycles. The number of hydrogen-bond donors (Lipinski definition) is 0. The van der Waals surface area contributed by atoms with Crippen LogP contribution in [0.4, 0.5) is 5.69 Å². The lowest BCUT2D eigenvalue weighted by molar-refractivity contribution is -0.385. The zero-order valence-electron chi connectivity index (χ0n) is 8.47. The monoisotopic (exact) mass is 209 g/mol. The van der Waals surface area contributed by atoms with E-state index in [0.717, 1.165) is 0 Å². The van der Waals surface area contributed by atoms with Crippen molar-refractivity contribution < 1.29 is 14.4 Å².